The zero-order valence-electron chi connectivity index (χ0n) is 5.90. The Kier molecular flexibility index (Phi) is 5.46. The van der Waals surface area contributed by atoms with Gasteiger partial charge in [-0.3, -0.25) is 0 Å². The van der Waals surface area contributed by atoms with Gasteiger partial charge in [0.25, 0.3) is 0 Å². The Balaban J connectivity index is 3.94. The van der Waals surface area contributed by atoms with Crippen molar-refractivity contribution >= 4 is 23.2 Å². The second kappa shape index (κ2) is 5.57. The van der Waals surface area contributed by atoms with E-state index in [9.17, 15) is 0 Å². The summed E-state index contributed by atoms with van der Waals surface area (Å²) in [7, 11) is 0. The maximum atomic E-state index is 5.71. The lowest BCUT2D eigenvalue weighted by Crippen LogP contribution is -1.65. The highest BCUT2D eigenvalue weighted by molar-refractivity contribution is 6.34. The molecule has 0 radical (unpaired) electrons. The highest BCUT2D eigenvalue weighted by atomic mass is 35.5. The lowest BCUT2D eigenvalue weighted by atomic mass is 10.3. The molecule has 0 atom stereocenters. The minimum absolute atomic E-state index is 0.660. The zero-order valence-corrected chi connectivity index (χ0v) is 7.41. The first-order valence-corrected chi connectivity index (χ1v) is 3.72. The molecule has 0 rings (SSSR count). The van der Waals surface area contributed by atoms with Gasteiger partial charge in [0.2, 0.25) is 0 Å². The second-order valence-electron chi connectivity index (χ2n) is 1.84. The summed E-state index contributed by atoms with van der Waals surface area (Å²) in [6.07, 6.45) is 6.10. The van der Waals surface area contributed by atoms with Crippen molar-refractivity contribution in [1.82, 2.24) is 0 Å². The minimum Gasteiger partial charge on any atom is -0.103 e. The Hall–Kier alpha value is -0.200. The number of hydrogen-bond acceptors (Lipinski definition) is 0. The fraction of sp³-hybridized carbons (Fsp3) is 0.250. The Morgan fingerprint density at radius 1 is 1.50 bits per heavy atom. The highest BCUT2D eigenvalue weighted by Gasteiger charge is 1.84. The molecule has 0 aliphatic carbocycles. The fourth-order valence-corrected chi connectivity index (χ4v) is 0.871. The molecule has 56 valence electrons. The summed E-state index contributed by atoms with van der Waals surface area (Å²) in [5.74, 6) is 0. The number of hydrogen-bond donors (Lipinski definition) is 0. The average molecular weight is 177 g/mol. The largest absolute Gasteiger partial charge is 0.103 e. The monoisotopic (exact) mass is 176 g/mol. The van der Waals surface area contributed by atoms with Crippen LogP contribution in [0.4, 0.5) is 0 Å². The number of halogens is 2. The molecule has 0 aliphatic rings. The molecule has 10 heavy (non-hydrogen) atoms. The Morgan fingerprint density at radius 2 is 2.10 bits per heavy atom. The number of rotatable bonds is 3. The first kappa shape index (κ1) is 9.80. The van der Waals surface area contributed by atoms with Crippen molar-refractivity contribution < 1.29 is 0 Å². The van der Waals surface area contributed by atoms with Gasteiger partial charge in [0.1, 0.15) is 0 Å². The van der Waals surface area contributed by atoms with Gasteiger partial charge >= 0.3 is 0 Å². The van der Waals surface area contributed by atoms with Gasteiger partial charge < -0.3 is 0 Å². The molecule has 0 saturated carbocycles. The Morgan fingerprint density at radius 3 is 2.50 bits per heavy atom. The van der Waals surface area contributed by atoms with Gasteiger partial charge in [-0.05, 0) is 19.4 Å². The smallest absolute Gasteiger partial charge is 0.0380 e. The lowest BCUT2D eigenvalue weighted by molar-refractivity contribution is 1.39. The van der Waals surface area contributed by atoms with Crippen LogP contribution in [-0.4, -0.2) is 0 Å². The van der Waals surface area contributed by atoms with E-state index in [1.54, 1.807) is 19.1 Å². The number of allylic oxidation sites excluding steroid dienone is 5. The van der Waals surface area contributed by atoms with E-state index in [1.165, 1.54) is 0 Å². The molecular formula is C8H10Cl2. The highest BCUT2D eigenvalue weighted by Crippen LogP contribution is 2.10. The van der Waals surface area contributed by atoms with E-state index >= 15 is 0 Å². The third kappa shape index (κ3) is 5.93. The maximum Gasteiger partial charge on any atom is 0.0380 e. The van der Waals surface area contributed by atoms with Crippen molar-refractivity contribution in [3.8, 4) is 0 Å². The third-order valence-electron chi connectivity index (χ3n) is 0.816. The summed E-state index contributed by atoms with van der Waals surface area (Å²) in [5, 5.41) is 1.35. The van der Waals surface area contributed by atoms with Crippen LogP contribution < -0.4 is 0 Å². The van der Waals surface area contributed by atoms with Crippen LogP contribution in [0, 0.1) is 0 Å². The van der Waals surface area contributed by atoms with Gasteiger partial charge in [0.05, 0.1) is 0 Å². The van der Waals surface area contributed by atoms with E-state index in [-0.39, 0.29) is 0 Å². The van der Waals surface area contributed by atoms with Gasteiger partial charge in [0, 0.05) is 10.1 Å². The van der Waals surface area contributed by atoms with Crippen LogP contribution in [0.3, 0.4) is 0 Å². The zero-order chi connectivity index (χ0) is 7.98. The average Bonchev–Trinajstić information content (AvgIpc) is 1.82. The van der Waals surface area contributed by atoms with Crippen LogP contribution in [0.25, 0.3) is 0 Å². The van der Waals surface area contributed by atoms with Crippen molar-refractivity contribution in [2.75, 3.05) is 0 Å². The standard InChI is InChI=1S/C8H10Cl2/c1-3-4-5-8(10)6-7(2)9/h3,5-6H,1,4H2,2H3. The molecule has 0 spiro atoms. The van der Waals surface area contributed by atoms with Crippen LogP contribution in [0.5, 0.6) is 0 Å². The molecule has 0 aromatic carbocycles. The molecule has 0 saturated heterocycles. The molecule has 0 amide bonds. The van der Waals surface area contributed by atoms with Gasteiger partial charge in [-0.15, -0.1) is 6.58 Å². The first-order chi connectivity index (χ1) is 4.66. The maximum absolute atomic E-state index is 5.71. The Bertz CT molecular complexity index is 162. The normalized spacial score (nSPS) is 13.5. The summed E-state index contributed by atoms with van der Waals surface area (Å²) in [5.41, 5.74) is 0. The molecule has 0 aromatic rings. The van der Waals surface area contributed by atoms with E-state index in [1.807, 2.05) is 6.08 Å². The summed E-state index contributed by atoms with van der Waals surface area (Å²) >= 11 is 11.3. The first-order valence-electron chi connectivity index (χ1n) is 2.97. The van der Waals surface area contributed by atoms with E-state index in [0.29, 0.717) is 10.1 Å². The molecular weight excluding hydrogens is 167 g/mol. The van der Waals surface area contributed by atoms with Crippen LogP contribution in [-0.2, 0) is 0 Å². The van der Waals surface area contributed by atoms with Gasteiger partial charge in [-0.1, -0.05) is 35.4 Å². The van der Waals surface area contributed by atoms with Gasteiger partial charge in [0.15, 0.2) is 0 Å². The summed E-state index contributed by atoms with van der Waals surface area (Å²) in [4.78, 5) is 0. The molecule has 0 bridgehead atoms. The molecule has 2 heteroatoms. The molecule has 0 fully saturated rings. The summed E-state index contributed by atoms with van der Waals surface area (Å²) < 4.78 is 0. The molecule has 0 unspecified atom stereocenters. The lowest BCUT2D eigenvalue weighted by Gasteiger charge is -1.87. The minimum atomic E-state index is 0.660. The molecule has 0 aromatic heterocycles. The van der Waals surface area contributed by atoms with Crippen molar-refractivity contribution in [2.45, 2.75) is 13.3 Å². The second-order valence-corrected chi connectivity index (χ2v) is 2.88. The summed E-state index contributed by atoms with van der Waals surface area (Å²) in [6, 6.07) is 0. The van der Waals surface area contributed by atoms with E-state index in [0.717, 1.165) is 6.42 Å². The van der Waals surface area contributed by atoms with Gasteiger partial charge in [-0.2, -0.15) is 0 Å². The van der Waals surface area contributed by atoms with Crippen molar-refractivity contribution in [3.63, 3.8) is 0 Å². The molecule has 0 aliphatic heterocycles. The topological polar surface area (TPSA) is 0 Å². The van der Waals surface area contributed by atoms with E-state index in [2.05, 4.69) is 6.58 Å². The predicted molar refractivity (Wildman–Crippen MR) is 48.4 cm³/mol. The predicted octanol–water partition coefficient (Wildman–Crippen LogP) is 3.83. The van der Waals surface area contributed by atoms with Gasteiger partial charge in [-0.25, -0.2) is 0 Å². The summed E-state index contributed by atoms with van der Waals surface area (Å²) in [6.45, 7) is 5.34. The van der Waals surface area contributed by atoms with Crippen LogP contribution in [0.1, 0.15) is 13.3 Å². The third-order valence-corrected chi connectivity index (χ3v) is 1.19. The molecule has 0 N–H and O–H groups in total. The van der Waals surface area contributed by atoms with Crippen LogP contribution >= 0.6 is 23.2 Å². The molecule has 0 nitrogen and oxygen atoms in total. The Labute approximate surface area is 71.8 Å². The van der Waals surface area contributed by atoms with E-state index in [4.69, 9.17) is 23.2 Å². The quantitative estimate of drug-likeness (QED) is 0.454. The van der Waals surface area contributed by atoms with E-state index < -0.39 is 0 Å². The SMILES string of the molecule is C=CCC=C(Cl)C=C(C)Cl. The molecule has 0 heterocycles. The van der Waals surface area contributed by atoms with Crippen molar-refractivity contribution in [3.05, 3.63) is 34.9 Å². The van der Waals surface area contributed by atoms with Crippen LogP contribution in [0.15, 0.2) is 34.9 Å². The van der Waals surface area contributed by atoms with Crippen molar-refractivity contribution in [2.24, 2.45) is 0 Å². The fourth-order valence-electron chi connectivity index (χ4n) is 0.445. The van der Waals surface area contributed by atoms with Crippen LogP contribution in [0.2, 0.25) is 0 Å². The van der Waals surface area contributed by atoms with Crippen molar-refractivity contribution in [1.29, 1.82) is 0 Å².